The van der Waals surface area contributed by atoms with E-state index in [0.717, 1.165) is 26.1 Å². The van der Waals surface area contributed by atoms with Crippen molar-refractivity contribution >= 4 is 18.3 Å². The van der Waals surface area contributed by atoms with Crippen LogP contribution in [0, 0.1) is 5.92 Å². The van der Waals surface area contributed by atoms with Crippen molar-refractivity contribution in [3.05, 3.63) is 0 Å². The van der Waals surface area contributed by atoms with E-state index >= 15 is 0 Å². The van der Waals surface area contributed by atoms with Gasteiger partial charge in [-0.3, -0.25) is 4.79 Å². The van der Waals surface area contributed by atoms with Crippen molar-refractivity contribution in [3.63, 3.8) is 0 Å². The Morgan fingerprint density at radius 3 is 2.38 bits per heavy atom. The minimum atomic E-state index is -0.792. The zero-order chi connectivity index (χ0) is 11.5. The summed E-state index contributed by atoms with van der Waals surface area (Å²) < 4.78 is 5.28. The number of ether oxygens (including phenoxy) is 1. The van der Waals surface area contributed by atoms with Crippen LogP contribution in [0.3, 0.4) is 0 Å². The van der Waals surface area contributed by atoms with Gasteiger partial charge in [0.25, 0.3) is 0 Å². The summed E-state index contributed by atoms with van der Waals surface area (Å²) in [6.45, 7) is 7.09. The summed E-state index contributed by atoms with van der Waals surface area (Å²) in [5, 5.41) is 2.97. The van der Waals surface area contributed by atoms with Crippen molar-refractivity contribution in [2.24, 2.45) is 11.7 Å². The Morgan fingerprint density at radius 2 is 1.94 bits per heavy atom. The molecule has 4 nitrogen and oxygen atoms in total. The minimum Gasteiger partial charge on any atom is -0.381 e. The SMILES string of the molecule is CC(NC(=O)C(C)(C)N)C1CCOCC1.Cl. The van der Waals surface area contributed by atoms with Gasteiger partial charge in [0.05, 0.1) is 5.54 Å². The largest absolute Gasteiger partial charge is 0.381 e. The predicted octanol–water partition coefficient (Wildman–Crippen LogP) is 1.08. The zero-order valence-corrected chi connectivity index (χ0v) is 11.1. The Labute approximate surface area is 104 Å². The van der Waals surface area contributed by atoms with E-state index in [2.05, 4.69) is 5.32 Å². The molecule has 1 unspecified atom stereocenters. The molecule has 1 aliphatic rings. The van der Waals surface area contributed by atoms with Gasteiger partial charge in [-0.25, -0.2) is 0 Å². The van der Waals surface area contributed by atoms with Crippen LogP contribution in [0.15, 0.2) is 0 Å². The van der Waals surface area contributed by atoms with E-state index in [1.807, 2.05) is 6.92 Å². The van der Waals surface area contributed by atoms with Gasteiger partial charge in [0.15, 0.2) is 0 Å². The van der Waals surface area contributed by atoms with Crippen molar-refractivity contribution in [3.8, 4) is 0 Å². The molecule has 0 bridgehead atoms. The number of hydrogen-bond acceptors (Lipinski definition) is 3. The molecule has 0 aromatic carbocycles. The van der Waals surface area contributed by atoms with Crippen LogP contribution in [0.25, 0.3) is 0 Å². The molecule has 1 heterocycles. The molecule has 96 valence electrons. The standard InChI is InChI=1S/C11H22N2O2.ClH/c1-8(9-4-6-15-7-5-9)13-10(14)11(2,3)12;/h8-9H,4-7,12H2,1-3H3,(H,13,14);1H. The highest BCUT2D eigenvalue weighted by atomic mass is 35.5. The molecule has 0 radical (unpaired) electrons. The molecule has 1 saturated heterocycles. The molecule has 1 aliphatic heterocycles. The molecule has 3 N–H and O–H groups in total. The fourth-order valence-corrected chi connectivity index (χ4v) is 1.73. The summed E-state index contributed by atoms with van der Waals surface area (Å²) in [4.78, 5) is 11.7. The molecule has 0 spiro atoms. The third-order valence-corrected chi connectivity index (χ3v) is 2.92. The monoisotopic (exact) mass is 250 g/mol. The second-order valence-corrected chi connectivity index (χ2v) is 4.93. The Morgan fingerprint density at radius 1 is 1.44 bits per heavy atom. The second-order valence-electron chi connectivity index (χ2n) is 4.93. The number of hydrogen-bond donors (Lipinski definition) is 2. The number of nitrogens with two attached hydrogens (primary N) is 1. The van der Waals surface area contributed by atoms with Gasteiger partial charge in [-0.05, 0) is 39.5 Å². The summed E-state index contributed by atoms with van der Waals surface area (Å²) in [6, 6.07) is 0.184. The number of amides is 1. The Hall–Kier alpha value is -0.320. The maximum atomic E-state index is 11.7. The number of nitrogens with one attached hydrogen (secondary N) is 1. The van der Waals surface area contributed by atoms with Crippen molar-refractivity contribution in [1.29, 1.82) is 0 Å². The summed E-state index contributed by atoms with van der Waals surface area (Å²) in [7, 11) is 0. The van der Waals surface area contributed by atoms with E-state index in [9.17, 15) is 4.79 Å². The van der Waals surface area contributed by atoms with Gasteiger partial charge in [-0.2, -0.15) is 0 Å². The highest BCUT2D eigenvalue weighted by molar-refractivity contribution is 5.85. The van der Waals surface area contributed by atoms with Crippen LogP contribution >= 0.6 is 12.4 Å². The first-order valence-electron chi connectivity index (χ1n) is 5.59. The number of rotatable bonds is 3. The predicted molar refractivity (Wildman–Crippen MR) is 66.7 cm³/mol. The number of carbonyl (C=O) groups is 1. The van der Waals surface area contributed by atoms with Crippen molar-refractivity contribution in [2.75, 3.05) is 13.2 Å². The van der Waals surface area contributed by atoms with Gasteiger partial charge in [-0.15, -0.1) is 12.4 Å². The quantitative estimate of drug-likeness (QED) is 0.788. The molecule has 1 rings (SSSR count). The Balaban J connectivity index is 0.00000225. The number of halogens is 1. The Bertz CT molecular complexity index is 223. The smallest absolute Gasteiger partial charge is 0.239 e. The first-order chi connectivity index (χ1) is 6.91. The molecule has 5 heteroatoms. The maximum absolute atomic E-state index is 11.7. The highest BCUT2D eigenvalue weighted by Gasteiger charge is 2.27. The first kappa shape index (κ1) is 15.7. The summed E-state index contributed by atoms with van der Waals surface area (Å²) in [5.74, 6) is 0.437. The van der Waals surface area contributed by atoms with E-state index in [0.29, 0.717) is 5.92 Å². The van der Waals surface area contributed by atoms with Gasteiger partial charge in [0.1, 0.15) is 0 Å². The van der Waals surface area contributed by atoms with E-state index < -0.39 is 5.54 Å². The molecule has 1 amide bonds. The lowest BCUT2D eigenvalue weighted by Crippen LogP contribution is -2.53. The lowest BCUT2D eigenvalue weighted by Gasteiger charge is -2.30. The fourth-order valence-electron chi connectivity index (χ4n) is 1.73. The van der Waals surface area contributed by atoms with Crippen LogP contribution in [-0.2, 0) is 9.53 Å². The molecule has 1 atom stereocenters. The van der Waals surface area contributed by atoms with Gasteiger partial charge >= 0.3 is 0 Å². The van der Waals surface area contributed by atoms with Gasteiger partial charge in [0, 0.05) is 19.3 Å². The average Bonchev–Trinajstić information content (AvgIpc) is 2.17. The van der Waals surface area contributed by atoms with Crippen LogP contribution in [-0.4, -0.2) is 30.7 Å². The highest BCUT2D eigenvalue weighted by Crippen LogP contribution is 2.18. The van der Waals surface area contributed by atoms with Crippen LogP contribution in [0.2, 0.25) is 0 Å². The van der Waals surface area contributed by atoms with Crippen molar-refractivity contribution in [1.82, 2.24) is 5.32 Å². The van der Waals surface area contributed by atoms with Gasteiger partial charge < -0.3 is 15.8 Å². The summed E-state index contributed by atoms with van der Waals surface area (Å²) >= 11 is 0. The molecule has 0 aliphatic carbocycles. The van der Waals surface area contributed by atoms with E-state index in [1.165, 1.54) is 0 Å². The van der Waals surface area contributed by atoms with E-state index in [-0.39, 0.29) is 24.4 Å². The van der Waals surface area contributed by atoms with Gasteiger partial charge in [-0.1, -0.05) is 0 Å². The number of carbonyl (C=O) groups excluding carboxylic acids is 1. The van der Waals surface area contributed by atoms with Crippen LogP contribution in [0.1, 0.15) is 33.6 Å². The van der Waals surface area contributed by atoms with Crippen molar-refractivity contribution in [2.45, 2.75) is 45.2 Å². The molecule has 1 fully saturated rings. The van der Waals surface area contributed by atoms with E-state index in [1.54, 1.807) is 13.8 Å². The molecule has 16 heavy (non-hydrogen) atoms. The molecular formula is C11H23ClN2O2. The second kappa shape index (κ2) is 6.42. The fraction of sp³-hybridized carbons (Fsp3) is 0.909. The third kappa shape index (κ3) is 4.68. The zero-order valence-electron chi connectivity index (χ0n) is 10.3. The summed E-state index contributed by atoms with van der Waals surface area (Å²) in [6.07, 6.45) is 2.04. The topological polar surface area (TPSA) is 64.4 Å². The van der Waals surface area contributed by atoms with Crippen LogP contribution in [0.4, 0.5) is 0 Å². The van der Waals surface area contributed by atoms with Crippen molar-refractivity contribution < 1.29 is 9.53 Å². The maximum Gasteiger partial charge on any atom is 0.239 e. The Kier molecular flexibility index (Phi) is 6.30. The van der Waals surface area contributed by atoms with E-state index in [4.69, 9.17) is 10.5 Å². The first-order valence-corrected chi connectivity index (χ1v) is 5.59. The molecule has 0 saturated carbocycles. The minimum absolute atomic E-state index is 0. The van der Waals surface area contributed by atoms with Gasteiger partial charge in [0.2, 0.25) is 5.91 Å². The molecule has 0 aromatic heterocycles. The lowest BCUT2D eigenvalue weighted by atomic mass is 9.92. The average molecular weight is 251 g/mol. The molecule has 0 aromatic rings. The van der Waals surface area contributed by atoms with Crippen LogP contribution in [0.5, 0.6) is 0 Å². The lowest BCUT2D eigenvalue weighted by molar-refractivity contribution is -0.126. The molecular weight excluding hydrogens is 228 g/mol. The van der Waals surface area contributed by atoms with Crippen LogP contribution < -0.4 is 11.1 Å². The third-order valence-electron chi connectivity index (χ3n) is 2.92. The summed E-state index contributed by atoms with van der Waals surface area (Å²) in [5.41, 5.74) is 4.93. The normalized spacial score (nSPS) is 19.8.